The Kier molecular flexibility index (Phi) is 3.56. The molecule has 0 unspecified atom stereocenters. The predicted octanol–water partition coefficient (Wildman–Crippen LogP) is 1.84. The van der Waals surface area contributed by atoms with Gasteiger partial charge in [0.1, 0.15) is 0 Å². The lowest BCUT2D eigenvalue weighted by molar-refractivity contribution is 0.556. The third-order valence-electron chi connectivity index (χ3n) is 4.37. The molecule has 1 aliphatic heterocycles. The molecule has 1 aliphatic rings. The van der Waals surface area contributed by atoms with Gasteiger partial charge < -0.3 is 9.88 Å². The number of nitrogens with one attached hydrogen (secondary N) is 1. The average molecular weight is 306 g/mol. The van der Waals surface area contributed by atoms with Crippen LogP contribution in [0.15, 0.2) is 30.6 Å². The number of aryl methyl sites for hydroxylation is 1. The molecule has 0 saturated heterocycles. The van der Waals surface area contributed by atoms with Gasteiger partial charge in [0.25, 0.3) is 0 Å². The highest BCUT2D eigenvalue weighted by molar-refractivity contribution is 5.75. The maximum absolute atomic E-state index is 8.85. The van der Waals surface area contributed by atoms with Crippen LogP contribution in [0.4, 0.5) is 0 Å². The number of benzene rings is 1. The van der Waals surface area contributed by atoms with Crippen LogP contribution in [0.2, 0.25) is 0 Å². The van der Waals surface area contributed by atoms with Gasteiger partial charge in [-0.05, 0) is 12.1 Å². The molecule has 1 N–H and O–H groups in total. The lowest BCUT2D eigenvalue weighted by atomic mass is 10.1. The summed E-state index contributed by atoms with van der Waals surface area (Å²) >= 11 is 0. The Labute approximate surface area is 134 Å². The third-order valence-corrected chi connectivity index (χ3v) is 4.37. The van der Waals surface area contributed by atoms with Gasteiger partial charge in [0.2, 0.25) is 0 Å². The SMILES string of the molecule is N#CCCn1nc(Cn2cnc3ccccc32)c2c1CCNC2. The number of nitrogens with zero attached hydrogens (tertiary/aromatic N) is 5. The Morgan fingerprint density at radius 3 is 3.13 bits per heavy atom. The van der Waals surface area contributed by atoms with Crippen LogP contribution in [0, 0.1) is 11.3 Å². The number of nitriles is 1. The fourth-order valence-corrected chi connectivity index (χ4v) is 3.26. The standard InChI is InChI=1S/C17H18N6/c18-7-3-9-23-16-6-8-19-10-13(16)15(21-23)11-22-12-20-14-4-1-2-5-17(14)22/h1-2,4-5,12,19H,3,6,8-11H2. The minimum Gasteiger partial charge on any atom is -0.324 e. The van der Waals surface area contributed by atoms with Crippen molar-refractivity contribution in [2.45, 2.75) is 32.5 Å². The zero-order chi connectivity index (χ0) is 15.6. The Bertz CT molecular complexity index is 882. The van der Waals surface area contributed by atoms with E-state index >= 15 is 0 Å². The van der Waals surface area contributed by atoms with Gasteiger partial charge in [0.15, 0.2) is 0 Å². The van der Waals surface area contributed by atoms with Crippen molar-refractivity contribution in [1.29, 1.82) is 5.26 Å². The number of imidazole rings is 1. The molecular weight excluding hydrogens is 288 g/mol. The van der Waals surface area contributed by atoms with E-state index in [4.69, 9.17) is 10.4 Å². The number of hydrogen-bond acceptors (Lipinski definition) is 4. The molecule has 0 radical (unpaired) electrons. The summed E-state index contributed by atoms with van der Waals surface area (Å²) in [5, 5.41) is 17.1. The first-order valence-electron chi connectivity index (χ1n) is 7.92. The second kappa shape index (κ2) is 5.86. The summed E-state index contributed by atoms with van der Waals surface area (Å²) in [7, 11) is 0. The maximum Gasteiger partial charge on any atom is 0.0962 e. The summed E-state index contributed by atoms with van der Waals surface area (Å²) in [5.74, 6) is 0. The third kappa shape index (κ3) is 2.49. The normalized spacial score (nSPS) is 13.9. The van der Waals surface area contributed by atoms with Crippen molar-refractivity contribution in [2.24, 2.45) is 0 Å². The van der Waals surface area contributed by atoms with E-state index in [0.717, 1.165) is 36.2 Å². The molecule has 116 valence electrons. The predicted molar refractivity (Wildman–Crippen MR) is 86.7 cm³/mol. The fourth-order valence-electron chi connectivity index (χ4n) is 3.26. The summed E-state index contributed by atoms with van der Waals surface area (Å²) in [5.41, 5.74) is 5.76. The van der Waals surface area contributed by atoms with E-state index in [1.54, 1.807) is 0 Å². The van der Waals surface area contributed by atoms with Crippen LogP contribution in [-0.2, 0) is 26.1 Å². The Hall–Kier alpha value is -2.65. The van der Waals surface area contributed by atoms with Gasteiger partial charge in [-0.15, -0.1) is 0 Å². The van der Waals surface area contributed by atoms with Crippen molar-refractivity contribution in [1.82, 2.24) is 24.6 Å². The summed E-state index contributed by atoms with van der Waals surface area (Å²) in [6.45, 7) is 3.20. The molecule has 0 amide bonds. The first-order valence-corrected chi connectivity index (χ1v) is 7.92. The molecule has 1 aromatic carbocycles. The van der Waals surface area contributed by atoms with E-state index < -0.39 is 0 Å². The first-order chi connectivity index (χ1) is 11.4. The van der Waals surface area contributed by atoms with Crippen LogP contribution >= 0.6 is 0 Å². The fraction of sp³-hybridized carbons (Fsp3) is 0.353. The van der Waals surface area contributed by atoms with Gasteiger partial charge in [-0.25, -0.2) is 4.98 Å². The smallest absolute Gasteiger partial charge is 0.0962 e. The molecule has 2 aromatic heterocycles. The zero-order valence-electron chi connectivity index (χ0n) is 12.9. The highest BCUT2D eigenvalue weighted by atomic mass is 15.3. The van der Waals surface area contributed by atoms with Crippen LogP contribution in [-0.4, -0.2) is 25.9 Å². The Balaban J connectivity index is 1.71. The van der Waals surface area contributed by atoms with Gasteiger partial charge in [-0.1, -0.05) is 12.1 Å². The van der Waals surface area contributed by atoms with E-state index in [1.165, 1.54) is 11.3 Å². The first kappa shape index (κ1) is 14.0. The van der Waals surface area contributed by atoms with Crippen LogP contribution in [0.25, 0.3) is 11.0 Å². The average Bonchev–Trinajstić information content (AvgIpc) is 3.16. The van der Waals surface area contributed by atoms with Crippen LogP contribution in [0.3, 0.4) is 0 Å². The number of para-hydroxylation sites is 2. The van der Waals surface area contributed by atoms with Crippen molar-refractivity contribution in [3.8, 4) is 6.07 Å². The molecule has 6 nitrogen and oxygen atoms in total. The second-order valence-electron chi connectivity index (χ2n) is 5.79. The molecule has 4 rings (SSSR count). The van der Waals surface area contributed by atoms with Gasteiger partial charge in [-0.2, -0.15) is 10.4 Å². The minimum atomic E-state index is 0.495. The van der Waals surface area contributed by atoms with Gasteiger partial charge in [-0.3, -0.25) is 4.68 Å². The summed E-state index contributed by atoms with van der Waals surface area (Å²) in [6, 6.07) is 10.3. The molecule has 0 atom stereocenters. The molecular formula is C17H18N6. The summed E-state index contributed by atoms with van der Waals surface area (Å²) < 4.78 is 4.16. The van der Waals surface area contributed by atoms with Crippen molar-refractivity contribution < 1.29 is 0 Å². The maximum atomic E-state index is 8.85. The molecule has 23 heavy (non-hydrogen) atoms. The van der Waals surface area contributed by atoms with Crippen molar-refractivity contribution in [3.05, 3.63) is 47.5 Å². The van der Waals surface area contributed by atoms with Crippen LogP contribution in [0.5, 0.6) is 0 Å². The number of fused-ring (bicyclic) bond motifs is 2. The van der Waals surface area contributed by atoms with Gasteiger partial charge in [0, 0.05) is 30.8 Å². The highest BCUT2D eigenvalue weighted by Crippen LogP contribution is 2.21. The molecule has 0 aliphatic carbocycles. The number of aromatic nitrogens is 4. The van der Waals surface area contributed by atoms with E-state index in [1.807, 2.05) is 29.2 Å². The molecule has 0 bridgehead atoms. The summed E-state index contributed by atoms with van der Waals surface area (Å²) in [6.07, 6.45) is 3.34. The minimum absolute atomic E-state index is 0.495. The van der Waals surface area contributed by atoms with E-state index in [9.17, 15) is 0 Å². The van der Waals surface area contributed by atoms with Crippen LogP contribution < -0.4 is 5.32 Å². The van der Waals surface area contributed by atoms with Crippen molar-refractivity contribution in [3.63, 3.8) is 0 Å². The van der Waals surface area contributed by atoms with E-state index in [2.05, 4.69) is 27.0 Å². The largest absolute Gasteiger partial charge is 0.324 e. The second-order valence-corrected chi connectivity index (χ2v) is 5.79. The van der Waals surface area contributed by atoms with Gasteiger partial charge >= 0.3 is 0 Å². The van der Waals surface area contributed by atoms with Crippen LogP contribution in [0.1, 0.15) is 23.4 Å². The lowest BCUT2D eigenvalue weighted by Gasteiger charge is -2.15. The molecule has 0 fully saturated rings. The Morgan fingerprint density at radius 1 is 1.30 bits per heavy atom. The Morgan fingerprint density at radius 2 is 2.22 bits per heavy atom. The lowest BCUT2D eigenvalue weighted by Crippen LogP contribution is -2.25. The quantitative estimate of drug-likeness (QED) is 0.798. The van der Waals surface area contributed by atoms with E-state index in [-0.39, 0.29) is 0 Å². The molecule has 3 aromatic rings. The monoisotopic (exact) mass is 306 g/mol. The molecule has 0 spiro atoms. The van der Waals surface area contributed by atoms with Crippen molar-refractivity contribution >= 4 is 11.0 Å². The van der Waals surface area contributed by atoms with Crippen molar-refractivity contribution in [2.75, 3.05) is 6.54 Å². The molecule has 3 heterocycles. The molecule has 0 saturated carbocycles. The van der Waals surface area contributed by atoms with Gasteiger partial charge in [0.05, 0.1) is 48.6 Å². The topological polar surface area (TPSA) is 71.5 Å². The zero-order valence-corrected chi connectivity index (χ0v) is 12.9. The number of hydrogen-bond donors (Lipinski definition) is 1. The highest BCUT2D eigenvalue weighted by Gasteiger charge is 2.20. The molecule has 6 heteroatoms. The summed E-state index contributed by atoms with van der Waals surface area (Å²) in [4.78, 5) is 4.45. The number of rotatable bonds is 4. The van der Waals surface area contributed by atoms with E-state index in [0.29, 0.717) is 19.5 Å².